The van der Waals surface area contributed by atoms with Gasteiger partial charge in [-0.1, -0.05) is 67.4 Å². The Kier molecular flexibility index (Phi) is 13.9. The minimum Gasteiger partial charge on any atom is -0.397 e. The molecule has 0 spiro atoms. The molecule has 0 unspecified atom stereocenters. The van der Waals surface area contributed by atoms with Gasteiger partial charge in [0.15, 0.2) is 6.29 Å². The summed E-state index contributed by atoms with van der Waals surface area (Å²) in [5, 5.41) is 15.4. The van der Waals surface area contributed by atoms with Crippen LogP contribution in [0.15, 0.2) is 97.2 Å². The van der Waals surface area contributed by atoms with Crippen molar-refractivity contribution in [1.82, 2.24) is 9.88 Å². The van der Waals surface area contributed by atoms with E-state index in [9.17, 15) is 14.7 Å². The maximum atomic E-state index is 12.8. The van der Waals surface area contributed by atoms with Crippen LogP contribution in [0.25, 0.3) is 0 Å². The molecular formula is C40H49N5O5. The summed E-state index contributed by atoms with van der Waals surface area (Å²) in [5.74, 6) is -0.115. The Hall–Kier alpha value is -4.61. The monoisotopic (exact) mass is 679 g/mol. The number of amides is 2. The Balaban J connectivity index is 1.11. The second-order valence-electron chi connectivity index (χ2n) is 12.9. The van der Waals surface area contributed by atoms with Crippen LogP contribution in [-0.4, -0.2) is 53.0 Å². The van der Waals surface area contributed by atoms with E-state index in [-0.39, 0.29) is 30.6 Å². The number of benzene rings is 3. The Labute approximate surface area is 295 Å². The van der Waals surface area contributed by atoms with E-state index >= 15 is 0 Å². The van der Waals surface area contributed by atoms with E-state index in [4.69, 9.17) is 15.2 Å². The van der Waals surface area contributed by atoms with Crippen LogP contribution in [0.1, 0.15) is 79.7 Å². The molecule has 50 heavy (non-hydrogen) atoms. The summed E-state index contributed by atoms with van der Waals surface area (Å²) < 4.78 is 13.1. The van der Waals surface area contributed by atoms with Gasteiger partial charge in [-0.25, -0.2) is 0 Å². The summed E-state index contributed by atoms with van der Waals surface area (Å²) in [4.78, 5) is 31.8. The van der Waals surface area contributed by atoms with Crippen molar-refractivity contribution < 1.29 is 24.2 Å². The molecule has 5 N–H and O–H groups in total. The number of rotatable bonds is 17. The Bertz CT molecular complexity index is 1650. The minimum absolute atomic E-state index is 0.0100. The molecule has 0 saturated carbocycles. The molecule has 10 nitrogen and oxygen atoms in total. The van der Waals surface area contributed by atoms with E-state index in [1.807, 2.05) is 85.1 Å². The Morgan fingerprint density at radius 3 is 2.32 bits per heavy atom. The molecule has 2 amide bonds. The van der Waals surface area contributed by atoms with Crippen LogP contribution < -0.4 is 16.4 Å². The predicted molar refractivity (Wildman–Crippen MR) is 196 cm³/mol. The van der Waals surface area contributed by atoms with Crippen molar-refractivity contribution >= 4 is 28.9 Å². The number of hydrogen-bond acceptors (Lipinski definition) is 8. The van der Waals surface area contributed by atoms with Gasteiger partial charge < -0.3 is 35.8 Å². The number of para-hydroxylation sites is 2. The molecule has 1 aliphatic heterocycles. The molecule has 3 atom stereocenters. The van der Waals surface area contributed by atoms with E-state index in [1.165, 1.54) is 0 Å². The number of aromatic nitrogens is 1. The van der Waals surface area contributed by atoms with Crippen LogP contribution in [-0.2, 0) is 32.1 Å². The average Bonchev–Trinajstić information content (AvgIpc) is 3.13. The molecule has 1 aromatic heterocycles. The number of nitrogens with zero attached hydrogens (tertiary/aromatic N) is 2. The van der Waals surface area contributed by atoms with Crippen molar-refractivity contribution in [2.75, 3.05) is 36.5 Å². The van der Waals surface area contributed by atoms with E-state index in [0.717, 1.165) is 67.6 Å². The first-order valence-electron chi connectivity index (χ1n) is 17.5. The Morgan fingerprint density at radius 2 is 1.60 bits per heavy atom. The molecule has 10 heteroatoms. The number of pyridine rings is 1. The summed E-state index contributed by atoms with van der Waals surface area (Å²) >= 11 is 0. The summed E-state index contributed by atoms with van der Waals surface area (Å²) in [7, 11) is 2.09. The highest BCUT2D eigenvalue weighted by molar-refractivity contribution is 5.93. The van der Waals surface area contributed by atoms with Gasteiger partial charge in [-0.3, -0.25) is 14.6 Å². The normalized spacial score (nSPS) is 17.4. The molecule has 3 aromatic carbocycles. The van der Waals surface area contributed by atoms with E-state index in [1.54, 1.807) is 12.1 Å². The highest BCUT2D eigenvalue weighted by Gasteiger charge is 2.33. The number of likely N-dealkylation sites (N-methyl/N-ethyl adjacent to an activating group) is 1. The zero-order chi connectivity index (χ0) is 35.1. The maximum Gasteiger partial charge on any atom is 0.224 e. The SMILES string of the molecule is CN(CCc1ccccn1)C[C@H]1C[C@@H](c2ccc(CO)cc2)O[C@@H](c2cccc(NC(=O)CCCCCCC(=O)Nc3ccccc3N)c2)O1. The van der Waals surface area contributed by atoms with Crippen molar-refractivity contribution in [3.05, 3.63) is 120 Å². The summed E-state index contributed by atoms with van der Waals surface area (Å²) in [6.45, 7) is 1.56. The third kappa shape index (κ3) is 11.5. The number of aliphatic hydroxyl groups is 1. The molecule has 0 bridgehead atoms. The van der Waals surface area contributed by atoms with Crippen LogP contribution in [0.5, 0.6) is 0 Å². The molecule has 0 aliphatic carbocycles. The van der Waals surface area contributed by atoms with Gasteiger partial charge in [-0.2, -0.15) is 0 Å². The van der Waals surface area contributed by atoms with E-state index in [0.29, 0.717) is 36.3 Å². The number of aliphatic hydroxyl groups excluding tert-OH is 1. The van der Waals surface area contributed by atoms with Crippen molar-refractivity contribution in [3.63, 3.8) is 0 Å². The average molecular weight is 680 g/mol. The van der Waals surface area contributed by atoms with Crippen LogP contribution >= 0.6 is 0 Å². The lowest BCUT2D eigenvalue weighted by atomic mass is 9.99. The van der Waals surface area contributed by atoms with E-state index < -0.39 is 6.29 Å². The predicted octanol–water partition coefficient (Wildman–Crippen LogP) is 6.79. The molecule has 1 fully saturated rings. The minimum atomic E-state index is -0.618. The number of anilines is 3. The van der Waals surface area contributed by atoms with Gasteiger partial charge in [-0.15, -0.1) is 0 Å². The van der Waals surface area contributed by atoms with Crippen LogP contribution in [0.3, 0.4) is 0 Å². The van der Waals surface area contributed by atoms with Gasteiger partial charge in [0.05, 0.1) is 30.2 Å². The highest BCUT2D eigenvalue weighted by atomic mass is 16.7. The first-order valence-corrected chi connectivity index (χ1v) is 17.5. The second-order valence-corrected chi connectivity index (χ2v) is 12.9. The van der Waals surface area contributed by atoms with Crippen LogP contribution in [0.4, 0.5) is 17.1 Å². The lowest BCUT2D eigenvalue weighted by molar-refractivity contribution is -0.252. The van der Waals surface area contributed by atoms with Gasteiger partial charge in [0, 0.05) is 61.9 Å². The fraction of sp³-hybridized carbons (Fsp3) is 0.375. The fourth-order valence-electron chi connectivity index (χ4n) is 6.06. The third-order valence-electron chi connectivity index (χ3n) is 8.84. The lowest BCUT2D eigenvalue weighted by Crippen LogP contribution is -2.38. The van der Waals surface area contributed by atoms with Crippen molar-refractivity contribution in [1.29, 1.82) is 0 Å². The zero-order valence-corrected chi connectivity index (χ0v) is 28.8. The number of ether oxygens (including phenoxy) is 2. The standard InChI is InChI=1S/C40H49N5O5/c1-45(24-22-32-12-8-9-23-42-32)27-34-26-37(30-20-18-29(28-46)19-21-30)50-40(49-34)31-11-10-13-33(25-31)43-38(47)16-4-2-3-5-17-39(48)44-36-15-7-6-14-35(36)41/h6-15,18-21,23,25,34,37,40,46H,2-5,16-17,22,24,26-28,41H2,1H3,(H,43,47)(H,44,48)/t34-,37+,40+/m1/s1. The lowest BCUT2D eigenvalue weighted by Gasteiger charge is -2.38. The second kappa shape index (κ2) is 19.0. The molecule has 1 aliphatic rings. The summed E-state index contributed by atoms with van der Waals surface area (Å²) in [6.07, 6.45) is 6.46. The molecule has 4 aromatic rings. The van der Waals surface area contributed by atoms with Crippen molar-refractivity contribution in [3.8, 4) is 0 Å². The Morgan fingerprint density at radius 1 is 0.860 bits per heavy atom. The first-order chi connectivity index (χ1) is 24.4. The number of nitrogen functional groups attached to an aromatic ring is 1. The van der Waals surface area contributed by atoms with E-state index in [2.05, 4.69) is 27.6 Å². The number of nitrogens with two attached hydrogens (primary N) is 1. The molecule has 1 saturated heterocycles. The smallest absolute Gasteiger partial charge is 0.224 e. The first kappa shape index (κ1) is 36.7. The third-order valence-corrected chi connectivity index (χ3v) is 8.84. The molecule has 264 valence electrons. The number of nitrogens with one attached hydrogen (secondary N) is 2. The topological polar surface area (TPSA) is 139 Å². The van der Waals surface area contributed by atoms with Crippen LogP contribution in [0, 0.1) is 0 Å². The number of carbonyl (C=O) groups is 2. The van der Waals surface area contributed by atoms with Gasteiger partial charge in [0.25, 0.3) is 0 Å². The molecule has 5 rings (SSSR count). The summed E-state index contributed by atoms with van der Waals surface area (Å²) in [6, 6.07) is 28.7. The zero-order valence-electron chi connectivity index (χ0n) is 28.8. The molecule has 0 radical (unpaired) electrons. The quantitative estimate of drug-likeness (QED) is 0.0707. The fourth-order valence-corrected chi connectivity index (χ4v) is 6.06. The van der Waals surface area contributed by atoms with Gasteiger partial charge in [0.2, 0.25) is 11.8 Å². The molecular weight excluding hydrogens is 630 g/mol. The van der Waals surface area contributed by atoms with Gasteiger partial charge >= 0.3 is 0 Å². The number of unbranched alkanes of at least 4 members (excludes halogenated alkanes) is 3. The number of hydrogen-bond donors (Lipinski definition) is 4. The largest absolute Gasteiger partial charge is 0.397 e. The molecule has 2 heterocycles. The van der Waals surface area contributed by atoms with Gasteiger partial charge in [-0.05, 0) is 67.4 Å². The van der Waals surface area contributed by atoms with Crippen molar-refractivity contribution in [2.45, 2.75) is 76.5 Å². The summed E-state index contributed by atoms with van der Waals surface area (Å²) in [5.41, 5.74) is 11.5. The van der Waals surface area contributed by atoms with Crippen molar-refractivity contribution in [2.24, 2.45) is 0 Å². The highest BCUT2D eigenvalue weighted by Crippen LogP contribution is 2.38. The number of carbonyl (C=O) groups excluding carboxylic acids is 2. The maximum absolute atomic E-state index is 12.8. The van der Waals surface area contributed by atoms with Crippen LogP contribution in [0.2, 0.25) is 0 Å². The van der Waals surface area contributed by atoms with Gasteiger partial charge in [0.1, 0.15) is 0 Å².